The number of carbonyl (C=O) groups excluding carboxylic acids is 1. The SMILES string of the molecule is Cc1ccn(CC(C)NC(=O)C(C)n2cc(C(=O)O)cn2)n1. The van der Waals surface area contributed by atoms with Crippen molar-refractivity contribution < 1.29 is 14.7 Å². The number of carboxylic acid groups (broad SMARTS) is 1. The largest absolute Gasteiger partial charge is 0.478 e. The molecule has 22 heavy (non-hydrogen) atoms. The second-order valence-electron chi connectivity index (χ2n) is 5.28. The lowest BCUT2D eigenvalue weighted by molar-refractivity contribution is -0.124. The summed E-state index contributed by atoms with van der Waals surface area (Å²) in [5.74, 6) is -1.29. The van der Waals surface area contributed by atoms with E-state index in [1.54, 1.807) is 11.6 Å². The Kier molecular flexibility index (Phi) is 4.59. The fraction of sp³-hybridized carbons (Fsp3) is 0.429. The fourth-order valence-electron chi connectivity index (χ4n) is 2.03. The van der Waals surface area contributed by atoms with Crippen LogP contribution in [-0.2, 0) is 11.3 Å². The standard InChI is InChI=1S/C14H19N5O3/c1-9-4-5-18(17-9)7-10(2)16-13(20)11(3)19-8-12(6-15-19)14(21)22/h4-6,8,10-11H,7H2,1-3H3,(H,16,20)(H,21,22). The molecule has 0 fully saturated rings. The molecule has 0 aliphatic carbocycles. The highest BCUT2D eigenvalue weighted by atomic mass is 16.4. The van der Waals surface area contributed by atoms with Gasteiger partial charge < -0.3 is 10.4 Å². The average Bonchev–Trinajstić information content (AvgIpc) is 3.07. The highest BCUT2D eigenvalue weighted by Crippen LogP contribution is 2.07. The third kappa shape index (κ3) is 3.72. The van der Waals surface area contributed by atoms with Crippen LogP contribution in [0.1, 0.15) is 35.9 Å². The number of rotatable bonds is 6. The second-order valence-corrected chi connectivity index (χ2v) is 5.28. The van der Waals surface area contributed by atoms with Gasteiger partial charge in [0.15, 0.2) is 0 Å². The number of amides is 1. The third-order valence-electron chi connectivity index (χ3n) is 3.25. The summed E-state index contributed by atoms with van der Waals surface area (Å²) < 4.78 is 3.10. The third-order valence-corrected chi connectivity index (χ3v) is 3.25. The van der Waals surface area contributed by atoms with E-state index in [1.165, 1.54) is 17.1 Å². The van der Waals surface area contributed by atoms with Crippen LogP contribution < -0.4 is 5.32 Å². The van der Waals surface area contributed by atoms with E-state index in [2.05, 4.69) is 15.5 Å². The number of carbonyl (C=O) groups is 2. The maximum atomic E-state index is 12.2. The summed E-state index contributed by atoms with van der Waals surface area (Å²) >= 11 is 0. The van der Waals surface area contributed by atoms with Gasteiger partial charge in [0, 0.05) is 18.4 Å². The highest BCUT2D eigenvalue weighted by Gasteiger charge is 2.19. The summed E-state index contributed by atoms with van der Waals surface area (Å²) in [4.78, 5) is 23.0. The van der Waals surface area contributed by atoms with Crippen molar-refractivity contribution in [3.63, 3.8) is 0 Å². The van der Waals surface area contributed by atoms with Crippen molar-refractivity contribution in [3.05, 3.63) is 35.9 Å². The van der Waals surface area contributed by atoms with Gasteiger partial charge in [-0.2, -0.15) is 10.2 Å². The van der Waals surface area contributed by atoms with Gasteiger partial charge in [-0.25, -0.2) is 4.79 Å². The fourth-order valence-corrected chi connectivity index (χ4v) is 2.03. The smallest absolute Gasteiger partial charge is 0.338 e. The van der Waals surface area contributed by atoms with Crippen molar-refractivity contribution in [2.75, 3.05) is 0 Å². The molecule has 8 heteroatoms. The molecular formula is C14H19N5O3. The molecule has 118 valence electrons. The Hall–Kier alpha value is -2.64. The van der Waals surface area contributed by atoms with Crippen LogP contribution in [0.3, 0.4) is 0 Å². The number of hydrogen-bond donors (Lipinski definition) is 2. The minimum atomic E-state index is -1.07. The number of aromatic carboxylic acids is 1. The van der Waals surface area contributed by atoms with E-state index in [1.807, 2.05) is 26.1 Å². The molecule has 1 amide bonds. The lowest BCUT2D eigenvalue weighted by Crippen LogP contribution is -2.39. The lowest BCUT2D eigenvalue weighted by atomic mass is 10.2. The number of nitrogens with one attached hydrogen (secondary N) is 1. The maximum Gasteiger partial charge on any atom is 0.338 e. The molecule has 0 spiro atoms. The predicted molar refractivity (Wildman–Crippen MR) is 78.5 cm³/mol. The normalized spacial score (nSPS) is 13.6. The molecule has 8 nitrogen and oxygen atoms in total. The molecular weight excluding hydrogens is 286 g/mol. The van der Waals surface area contributed by atoms with Gasteiger partial charge in [0.25, 0.3) is 0 Å². The van der Waals surface area contributed by atoms with Gasteiger partial charge in [0.1, 0.15) is 6.04 Å². The number of hydrogen-bond acceptors (Lipinski definition) is 4. The summed E-state index contributed by atoms with van der Waals surface area (Å²) in [6.07, 6.45) is 4.42. The Morgan fingerprint density at radius 3 is 2.68 bits per heavy atom. The first-order valence-electron chi connectivity index (χ1n) is 6.94. The topological polar surface area (TPSA) is 102 Å². The van der Waals surface area contributed by atoms with Gasteiger partial charge in [0.2, 0.25) is 5.91 Å². The molecule has 2 N–H and O–H groups in total. The van der Waals surface area contributed by atoms with Crippen LogP contribution in [0, 0.1) is 6.92 Å². The van der Waals surface area contributed by atoms with E-state index in [4.69, 9.17) is 5.11 Å². The summed E-state index contributed by atoms with van der Waals surface area (Å²) in [5, 5.41) is 19.9. The minimum absolute atomic E-state index is 0.0553. The maximum absolute atomic E-state index is 12.2. The number of carboxylic acids is 1. The number of aryl methyl sites for hydroxylation is 1. The van der Waals surface area contributed by atoms with Gasteiger partial charge in [-0.1, -0.05) is 0 Å². The van der Waals surface area contributed by atoms with E-state index < -0.39 is 12.0 Å². The van der Waals surface area contributed by atoms with Crippen LogP contribution in [-0.4, -0.2) is 42.6 Å². The molecule has 0 aliphatic heterocycles. The summed E-state index contributed by atoms with van der Waals surface area (Å²) in [7, 11) is 0. The van der Waals surface area contributed by atoms with E-state index in [0.717, 1.165) is 5.69 Å². The van der Waals surface area contributed by atoms with E-state index in [-0.39, 0.29) is 17.5 Å². The lowest BCUT2D eigenvalue weighted by Gasteiger charge is -2.18. The van der Waals surface area contributed by atoms with E-state index in [0.29, 0.717) is 6.54 Å². The molecule has 2 unspecified atom stereocenters. The summed E-state index contributed by atoms with van der Waals surface area (Å²) in [6.45, 7) is 6.01. The molecule has 0 aliphatic rings. The summed E-state index contributed by atoms with van der Waals surface area (Å²) in [5.41, 5.74) is 0.976. The highest BCUT2D eigenvalue weighted by molar-refractivity contribution is 5.87. The van der Waals surface area contributed by atoms with E-state index in [9.17, 15) is 9.59 Å². The van der Waals surface area contributed by atoms with Crippen LogP contribution in [0.15, 0.2) is 24.7 Å². The van der Waals surface area contributed by atoms with Crippen molar-refractivity contribution >= 4 is 11.9 Å². The molecule has 0 radical (unpaired) electrons. The molecule has 2 aromatic heterocycles. The zero-order valence-electron chi connectivity index (χ0n) is 12.7. The van der Waals surface area contributed by atoms with Gasteiger partial charge in [-0.15, -0.1) is 0 Å². The second kappa shape index (κ2) is 6.42. The van der Waals surface area contributed by atoms with Crippen molar-refractivity contribution in [3.8, 4) is 0 Å². The van der Waals surface area contributed by atoms with Gasteiger partial charge >= 0.3 is 5.97 Å². The first-order chi connectivity index (χ1) is 10.4. The molecule has 2 atom stereocenters. The molecule has 2 aromatic rings. The monoisotopic (exact) mass is 305 g/mol. The quantitative estimate of drug-likeness (QED) is 0.824. The Morgan fingerprint density at radius 2 is 2.14 bits per heavy atom. The Balaban J connectivity index is 1.93. The first-order valence-corrected chi connectivity index (χ1v) is 6.94. The van der Waals surface area contributed by atoms with Crippen molar-refractivity contribution in [1.82, 2.24) is 24.9 Å². The van der Waals surface area contributed by atoms with Crippen molar-refractivity contribution in [2.24, 2.45) is 0 Å². The molecule has 0 bridgehead atoms. The number of aromatic nitrogens is 4. The van der Waals surface area contributed by atoms with Gasteiger partial charge in [0.05, 0.1) is 24.0 Å². The van der Waals surface area contributed by atoms with Gasteiger partial charge in [-0.3, -0.25) is 14.2 Å². The van der Waals surface area contributed by atoms with Crippen molar-refractivity contribution in [1.29, 1.82) is 0 Å². The molecule has 2 rings (SSSR count). The van der Waals surface area contributed by atoms with E-state index >= 15 is 0 Å². The zero-order valence-corrected chi connectivity index (χ0v) is 12.7. The molecule has 0 saturated heterocycles. The number of nitrogens with zero attached hydrogens (tertiary/aromatic N) is 4. The van der Waals surface area contributed by atoms with Crippen LogP contribution >= 0.6 is 0 Å². The van der Waals surface area contributed by atoms with Crippen LogP contribution in [0.2, 0.25) is 0 Å². The van der Waals surface area contributed by atoms with Crippen molar-refractivity contribution in [2.45, 2.75) is 39.4 Å². The Bertz CT molecular complexity index is 676. The molecule has 0 aromatic carbocycles. The van der Waals surface area contributed by atoms with Crippen LogP contribution in [0.4, 0.5) is 0 Å². The van der Waals surface area contributed by atoms with Crippen LogP contribution in [0.25, 0.3) is 0 Å². The predicted octanol–water partition coefficient (Wildman–Crippen LogP) is 0.852. The molecule has 2 heterocycles. The zero-order chi connectivity index (χ0) is 16.3. The Labute approximate surface area is 127 Å². The Morgan fingerprint density at radius 1 is 1.41 bits per heavy atom. The molecule has 0 saturated carbocycles. The van der Waals surface area contributed by atoms with Gasteiger partial charge in [-0.05, 0) is 26.8 Å². The van der Waals surface area contributed by atoms with Crippen LogP contribution in [0.5, 0.6) is 0 Å². The first kappa shape index (κ1) is 15.7. The summed E-state index contributed by atoms with van der Waals surface area (Å²) in [6, 6.07) is 1.20. The minimum Gasteiger partial charge on any atom is -0.478 e. The average molecular weight is 305 g/mol.